The van der Waals surface area contributed by atoms with Crippen molar-refractivity contribution >= 4 is 93.4 Å². The van der Waals surface area contributed by atoms with Crippen LogP contribution >= 0.6 is 0 Å². The lowest BCUT2D eigenvalue weighted by Gasteiger charge is -2.24. The molecular weight excluding hydrogens is 911 g/mol. The minimum Gasteiger partial charge on any atom is -0.388 e. The molecule has 7 unspecified atom stereocenters. The van der Waals surface area contributed by atoms with Gasteiger partial charge < -0.3 is 99.7 Å². The van der Waals surface area contributed by atoms with Gasteiger partial charge in [0.2, 0.25) is 36.8 Å². The number of aliphatic hydroxyl groups is 1. The third kappa shape index (κ3) is 15.8. The van der Waals surface area contributed by atoms with Crippen molar-refractivity contribution in [2.24, 2.45) is 82.3 Å². The van der Waals surface area contributed by atoms with E-state index in [1.807, 2.05) is 16.0 Å². The summed E-state index contributed by atoms with van der Waals surface area (Å²) < 4.78 is 4.70. The first-order valence-corrected chi connectivity index (χ1v) is 18.6. The Morgan fingerprint density at radius 2 is 1.03 bits per heavy atom. The van der Waals surface area contributed by atoms with E-state index < -0.39 is 108 Å². The third-order valence-electron chi connectivity index (χ3n) is 7.89. The molecule has 0 aliphatic heterocycles. The number of benzene rings is 2. The lowest BCUT2D eigenvalue weighted by molar-refractivity contribution is -0.215. The standard InChI is InChI=1S/C32H47N25O11/c1-9(33)43-18(24(61)50-21(53-31(40)41)26(63)49-19(51-29(36)37)23(60)46-16(34)17(35)58)48-25(62)20(52-30(38)39)47-22(59)13(10-5-3-2-4-6-10)45-27(64)28(65)54-32(42)44-11-7-8-12(55-68-66)15-14(11)56-67-57-15/h2-8,13,16,18-21,28,55,65-66H,34H2,1H3,(H2,33,43)(H2,35,58)(H,45,64)(H,46,60)(H,47,59)(H,48,62)(H,49,63)(H,50,61)(H4,36,37,51)(H4,38,39,52)(H4,40,41,53)(H3,42,44,54). The SMILES string of the molecule is CC(N)=NC(NC(=O)C(N=C(N)N)NC(=O)C(NC(=O)C(O)N=C(N)Nc1ccc(NOO)c2nonc12)c1ccccc1)C(=O)NC(N=C(N)N)C(=O)NC(N=C(N)N)C(=O)NC(N)C(N)=O. The van der Waals surface area contributed by atoms with Gasteiger partial charge in [-0.1, -0.05) is 30.3 Å². The van der Waals surface area contributed by atoms with Crippen LogP contribution < -0.4 is 100 Å². The molecule has 0 radical (unpaired) electrons. The summed E-state index contributed by atoms with van der Waals surface area (Å²) in [7, 11) is 0. The number of rotatable bonds is 22. The number of aliphatic imine (C=N–C) groups is 5. The Balaban J connectivity index is 1.86. The van der Waals surface area contributed by atoms with Gasteiger partial charge in [0.25, 0.3) is 35.4 Å². The van der Waals surface area contributed by atoms with Gasteiger partial charge in [-0.15, -0.1) is 4.99 Å². The number of nitrogens with one attached hydrogen (secondary N) is 8. The van der Waals surface area contributed by atoms with E-state index >= 15 is 0 Å². The first kappa shape index (κ1) is 52.7. The van der Waals surface area contributed by atoms with Crippen LogP contribution in [0, 0.1) is 0 Å². The van der Waals surface area contributed by atoms with Crippen molar-refractivity contribution in [3.63, 3.8) is 0 Å². The van der Waals surface area contributed by atoms with Crippen LogP contribution in [0.4, 0.5) is 11.4 Å². The van der Waals surface area contributed by atoms with E-state index in [0.29, 0.717) is 0 Å². The number of hydrogen-bond acceptors (Lipinski definition) is 20. The zero-order valence-corrected chi connectivity index (χ0v) is 35.1. The van der Waals surface area contributed by atoms with Gasteiger partial charge in [0.15, 0.2) is 41.0 Å². The molecule has 7 atom stereocenters. The zero-order valence-electron chi connectivity index (χ0n) is 35.1. The fraction of sp³-hybridized carbons (Fsp3) is 0.250. The monoisotopic (exact) mass is 957 g/mol. The smallest absolute Gasteiger partial charge is 0.272 e. The van der Waals surface area contributed by atoms with Gasteiger partial charge >= 0.3 is 0 Å². The van der Waals surface area contributed by atoms with Gasteiger partial charge in [-0.05, 0) is 34.9 Å². The summed E-state index contributed by atoms with van der Waals surface area (Å²) in [5.41, 5.74) is 57.4. The normalized spacial score (nSPS) is 14.4. The molecule has 0 fully saturated rings. The minimum absolute atomic E-state index is 0.0481. The molecule has 68 heavy (non-hydrogen) atoms. The Morgan fingerprint density at radius 3 is 1.49 bits per heavy atom. The summed E-state index contributed by atoms with van der Waals surface area (Å²) >= 11 is 0. The lowest BCUT2D eigenvalue weighted by atomic mass is 10.1. The number of amidine groups is 1. The van der Waals surface area contributed by atoms with Crippen LogP contribution in [0.25, 0.3) is 11.0 Å². The molecule has 0 bridgehead atoms. The van der Waals surface area contributed by atoms with E-state index in [1.165, 1.54) is 43.3 Å². The highest BCUT2D eigenvalue weighted by Crippen LogP contribution is 2.27. The fourth-order valence-corrected chi connectivity index (χ4v) is 5.06. The molecule has 1 aromatic heterocycles. The second-order valence-electron chi connectivity index (χ2n) is 13.1. The molecule has 0 saturated carbocycles. The summed E-state index contributed by atoms with van der Waals surface area (Å²) in [6.45, 7) is 1.18. The maximum absolute atomic E-state index is 13.9. The molecule has 30 N–H and O–H groups in total. The highest BCUT2D eigenvalue weighted by atomic mass is 17.2. The second kappa shape index (κ2) is 24.4. The second-order valence-corrected chi connectivity index (χ2v) is 13.1. The van der Waals surface area contributed by atoms with Crippen LogP contribution in [0.2, 0.25) is 0 Å². The number of primary amides is 1. The van der Waals surface area contributed by atoms with Crippen LogP contribution in [0.5, 0.6) is 0 Å². The van der Waals surface area contributed by atoms with Gasteiger partial charge in [0.1, 0.15) is 6.04 Å². The van der Waals surface area contributed by atoms with Crippen LogP contribution in [0.15, 0.2) is 72.1 Å². The Labute approximate surface area is 380 Å². The molecule has 3 rings (SSSR count). The predicted molar refractivity (Wildman–Crippen MR) is 235 cm³/mol. The quantitative estimate of drug-likeness (QED) is 0.0146. The fourth-order valence-electron chi connectivity index (χ4n) is 5.06. The summed E-state index contributed by atoms with van der Waals surface area (Å²) in [5, 5.41) is 41.9. The van der Waals surface area contributed by atoms with Crippen LogP contribution in [-0.4, -0.2) is 129 Å². The zero-order chi connectivity index (χ0) is 50.8. The van der Waals surface area contributed by atoms with Crippen molar-refractivity contribution < 1.29 is 53.5 Å². The molecule has 0 saturated heterocycles. The first-order chi connectivity index (χ1) is 32.0. The van der Waals surface area contributed by atoms with Gasteiger partial charge in [0.05, 0.1) is 17.2 Å². The molecule has 0 spiro atoms. The molecule has 1 heterocycles. The van der Waals surface area contributed by atoms with Crippen LogP contribution in [-0.2, 0) is 38.6 Å². The van der Waals surface area contributed by atoms with Gasteiger partial charge in [0, 0.05) is 0 Å². The highest BCUT2D eigenvalue weighted by molar-refractivity contribution is 6.04. The number of carbonyl (C=O) groups is 7. The molecule has 0 aliphatic carbocycles. The Morgan fingerprint density at radius 1 is 0.588 bits per heavy atom. The van der Waals surface area contributed by atoms with Crippen molar-refractivity contribution in [1.29, 1.82) is 0 Å². The molecular formula is C32H47N25O11. The van der Waals surface area contributed by atoms with E-state index in [-0.39, 0.29) is 33.8 Å². The maximum Gasteiger partial charge on any atom is 0.272 e. The van der Waals surface area contributed by atoms with E-state index in [0.717, 1.165) is 0 Å². The number of aromatic nitrogens is 2. The number of anilines is 2. The van der Waals surface area contributed by atoms with Crippen molar-refractivity contribution in [2.45, 2.75) is 50.0 Å². The number of carbonyl (C=O) groups excluding carboxylic acids is 7. The van der Waals surface area contributed by atoms with E-state index in [2.05, 4.69) is 67.0 Å². The van der Waals surface area contributed by atoms with Crippen LogP contribution in [0.1, 0.15) is 18.5 Å². The highest BCUT2D eigenvalue weighted by Gasteiger charge is 2.34. The molecule has 36 heteroatoms. The number of aliphatic hydroxyl groups excluding tert-OH is 1. The number of amides is 7. The summed E-state index contributed by atoms with van der Waals surface area (Å²) in [6, 6.07) is 8.28. The number of nitrogens with two attached hydrogens (primary N) is 10. The molecule has 3 aromatic rings. The average molecular weight is 958 g/mol. The van der Waals surface area contributed by atoms with Crippen LogP contribution in [0.3, 0.4) is 0 Å². The van der Waals surface area contributed by atoms with Gasteiger partial charge in [-0.2, -0.15) is 0 Å². The molecule has 0 aliphatic rings. The summed E-state index contributed by atoms with van der Waals surface area (Å²) in [4.78, 5) is 114. The van der Waals surface area contributed by atoms with Gasteiger partial charge in [-0.3, -0.25) is 33.6 Å². The Kier molecular flexibility index (Phi) is 18.9. The van der Waals surface area contributed by atoms with Crippen molar-refractivity contribution in [3.8, 4) is 0 Å². The first-order valence-electron chi connectivity index (χ1n) is 18.6. The Bertz CT molecular complexity index is 2480. The molecule has 7 amide bonds. The third-order valence-corrected chi connectivity index (χ3v) is 7.89. The topological polar surface area (TPSA) is 626 Å². The predicted octanol–water partition coefficient (Wildman–Crippen LogP) is -10.2. The van der Waals surface area contributed by atoms with Crippen molar-refractivity contribution in [3.05, 3.63) is 48.0 Å². The van der Waals surface area contributed by atoms with E-state index in [9.17, 15) is 38.7 Å². The number of fused-ring (bicyclic) bond motifs is 1. The average Bonchev–Trinajstić information content (AvgIpc) is 3.76. The maximum atomic E-state index is 13.9. The Hall–Kier alpha value is -9.68. The lowest BCUT2D eigenvalue weighted by Crippen LogP contribution is -2.60. The van der Waals surface area contributed by atoms with Crippen molar-refractivity contribution in [1.82, 2.24) is 42.2 Å². The van der Waals surface area contributed by atoms with Gasteiger partial charge in [-0.25, -0.2) is 40.3 Å². The molecule has 36 nitrogen and oxygen atoms in total. The summed E-state index contributed by atoms with van der Waals surface area (Å²) in [5.74, 6) is -12.3. The summed E-state index contributed by atoms with van der Waals surface area (Å²) in [6.07, 6.45) is -12.5. The van der Waals surface area contributed by atoms with Crippen molar-refractivity contribution in [2.75, 3.05) is 10.8 Å². The number of nitrogens with zero attached hydrogens (tertiary/aromatic N) is 7. The van der Waals surface area contributed by atoms with E-state index in [1.54, 1.807) is 6.07 Å². The van der Waals surface area contributed by atoms with E-state index in [4.69, 9.17) is 67.2 Å². The molecule has 2 aromatic carbocycles. The minimum atomic E-state index is -2.29. The molecule has 366 valence electrons. The largest absolute Gasteiger partial charge is 0.388 e. The number of guanidine groups is 4. The number of hydrogen-bond donors (Lipinski definition) is 20.